The van der Waals surface area contributed by atoms with Crippen LogP contribution in [-0.4, -0.2) is 41.7 Å². The van der Waals surface area contributed by atoms with E-state index in [-0.39, 0.29) is 17.3 Å². The lowest BCUT2D eigenvalue weighted by molar-refractivity contribution is -0.895. The Hall–Kier alpha value is -0.820. The molecule has 0 bridgehead atoms. The molecule has 0 amide bonds. The molecule has 0 heterocycles. The first-order valence-corrected chi connectivity index (χ1v) is 7.99. The maximum Gasteiger partial charge on any atom is 0.240 e. The average molecular weight is 323 g/mol. The van der Waals surface area contributed by atoms with Crippen molar-refractivity contribution in [1.29, 1.82) is 0 Å². The molecule has 0 unspecified atom stereocenters. The van der Waals surface area contributed by atoms with Gasteiger partial charge in [-0.2, -0.15) is 0 Å². The third kappa shape index (κ3) is 5.66. The van der Waals surface area contributed by atoms with Crippen LogP contribution in [0.1, 0.15) is 13.8 Å². The summed E-state index contributed by atoms with van der Waals surface area (Å²) in [5.41, 5.74) is 0. The number of benzene rings is 1. The largest absolute Gasteiger partial charge is 1.00 e. The second kappa shape index (κ2) is 9.18. The second-order valence-electron chi connectivity index (χ2n) is 4.28. The van der Waals surface area contributed by atoms with Crippen molar-refractivity contribution in [2.24, 2.45) is 0 Å². The van der Waals surface area contributed by atoms with Gasteiger partial charge in [0.15, 0.2) is 0 Å². The minimum Gasteiger partial charge on any atom is -1.00 e. The summed E-state index contributed by atoms with van der Waals surface area (Å²) >= 11 is 0. The molecule has 116 valence electrons. The fraction of sp³-hybridized carbons (Fsp3) is 0.538. The molecule has 0 radical (unpaired) electrons. The van der Waals surface area contributed by atoms with E-state index in [1.165, 1.54) is 4.90 Å². The number of ether oxygens (including phenoxy) is 1. The Morgan fingerprint density at radius 3 is 2.15 bits per heavy atom. The summed E-state index contributed by atoms with van der Waals surface area (Å²) in [5, 5.41) is 0. The molecule has 0 spiro atoms. The molecule has 0 aliphatic heterocycles. The van der Waals surface area contributed by atoms with Crippen molar-refractivity contribution in [3.8, 4) is 5.75 Å². The predicted octanol–water partition coefficient (Wildman–Crippen LogP) is -3.10. The number of rotatable bonds is 8. The van der Waals surface area contributed by atoms with Gasteiger partial charge in [-0.25, -0.2) is 13.1 Å². The summed E-state index contributed by atoms with van der Waals surface area (Å²) in [6.07, 6.45) is 0. The van der Waals surface area contributed by atoms with Crippen LogP contribution in [0, 0.1) is 0 Å². The Morgan fingerprint density at radius 1 is 1.15 bits per heavy atom. The Labute approximate surface area is 127 Å². The van der Waals surface area contributed by atoms with Gasteiger partial charge in [0.25, 0.3) is 0 Å². The maximum atomic E-state index is 12.0. The van der Waals surface area contributed by atoms with E-state index in [2.05, 4.69) is 18.6 Å². The lowest BCUT2D eigenvalue weighted by Gasteiger charge is -2.15. The lowest BCUT2D eigenvalue weighted by Crippen LogP contribution is -3.12. The van der Waals surface area contributed by atoms with E-state index >= 15 is 0 Å². The molecule has 0 saturated carbocycles. The van der Waals surface area contributed by atoms with Gasteiger partial charge in [-0.05, 0) is 38.1 Å². The highest BCUT2D eigenvalue weighted by Gasteiger charge is 2.14. The number of likely N-dealkylation sites (N-methyl/N-ethyl adjacent to an activating group) is 1. The Bertz CT molecular complexity index is 473. The van der Waals surface area contributed by atoms with Gasteiger partial charge >= 0.3 is 0 Å². The fourth-order valence-electron chi connectivity index (χ4n) is 1.80. The molecule has 20 heavy (non-hydrogen) atoms. The van der Waals surface area contributed by atoms with Crippen LogP contribution < -0.4 is 26.8 Å². The van der Waals surface area contributed by atoms with E-state index in [0.717, 1.165) is 19.6 Å². The zero-order valence-electron chi connectivity index (χ0n) is 12.1. The van der Waals surface area contributed by atoms with Crippen molar-refractivity contribution in [1.82, 2.24) is 4.72 Å². The fourth-order valence-corrected chi connectivity index (χ4v) is 2.84. The summed E-state index contributed by atoms with van der Waals surface area (Å²) in [6, 6.07) is 6.38. The Kier molecular flexibility index (Phi) is 8.80. The Morgan fingerprint density at radius 2 is 1.70 bits per heavy atom. The summed E-state index contributed by atoms with van der Waals surface area (Å²) < 4.78 is 31.7. The van der Waals surface area contributed by atoms with Gasteiger partial charge in [0.2, 0.25) is 10.0 Å². The van der Waals surface area contributed by atoms with E-state index in [4.69, 9.17) is 4.74 Å². The molecule has 0 atom stereocenters. The van der Waals surface area contributed by atoms with Crippen molar-refractivity contribution >= 4 is 10.0 Å². The maximum absolute atomic E-state index is 12.0. The van der Waals surface area contributed by atoms with E-state index in [1.807, 2.05) is 0 Å². The zero-order chi connectivity index (χ0) is 14.3. The molecule has 2 N–H and O–H groups in total. The number of halogens is 1. The van der Waals surface area contributed by atoms with Gasteiger partial charge in [0, 0.05) is 0 Å². The molecular weight excluding hydrogens is 300 g/mol. The lowest BCUT2D eigenvalue weighted by atomic mass is 10.3. The first-order chi connectivity index (χ1) is 9.03. The van der Waals surface area contributed by atoms with Crippen LogP contribution in [0.4, 0.5) is 0 Å². The molecular formula is C13H23ClN2O3S. The molecule has 0 aliphatic carbocycles. The highest BCUT2D eigenvalue weighted by molar-refractivity contribution is 7.89. The van der Waals surface area contributed by atoms with E-state index in [9.17, 15) is 8.42 Å². The number of sulfonamides is 1. The third-order valence-corrected chi connectivity index (χ3v) is 4.62. The topological polar surface area (TPSA) is 59.8 Å². The summed E-state index contributed by atoms with van der Waals surface area (Å²) in [7, 11) is -1.87. The van der Waals surface area contributed by atoms with Crippen LogP contribution in [0.3, 0.4) is 0 Å². The highest BCUT2D eigenvalue weighted by Crippen LogP contribution is 2.14. The van der Waals surface area contributed by atoms with Crippen LogP contribution in [-0.2, 0) is 10.0 Å². The van der Waals surface area contributed by atoms with E-state index < -0.39 is 10.0 Å². The van der Waals surface area contributed by atoms with Crippen molar-refractivity contribution in [2.45, 2.75) is 18.7 Å². The molecule has 0 aromatic heterocycles. The third-order valence-electron chi connectivity index (χ3n) is 3.14. The monoisotopic (exact) mass is 322 g/mol. The number of methoxy groups -OCH3 is 1. The smallest absolute Gasteiger partial charge is 0.240 e. The molecule has 7 heteroatoms. The van der Waals surface area contributed by atoms with Gasteiger partial charge in [0.1, 0.15) is 5.75 Å². The molecule has 0 saturated heterocycles. The average Bonchev–Trinajstić information content (AvgIpc) is 2.43. The summed E-state index contributed by atoms with van der Waals surface area (Å²) in [5.74, 6) is 0.645. The van der Waals surface area contributed by atoms with Gasteiger partial charge in [0.05, 0.1) is 38.2 Å². The van der Waals surface area contributed by atoms with Crippen LogP contribution in [0.15, 0.2) is 29.2 Å². The minimum absolute atomic E-state index is 0. The minimum atomic E-state index is -3.42. The van der Waals surface area contributed by atoms with Crippen molar-refractivity contribution < 1.29 is 30.5 Å². The van der Waals surface area contributed by atoms with Crippen LogP contribution in [0.5, 0.6) is 5.75 Å². The molecule has 1 rings (SSSR count). The number of nitrogens with one attached hydrogen (secondary N) is 2. The van der Waals surface area contributed by atoms with Gasteiger partial charge in [-0.15, -0.1) is 0 Å². The standard InChI is InChI=1S/C13H22N2O3S.ClH/c1-4-15(5-2)11-10-14-19(16,17)13-8-6-12(18-3)7-9-13;/h6-9,14H,4-5,10-11H2,1-3H3;1H. The first-order valence-electron chi connectivity index (χ1n) is 6.50. The molecule has 0 aliphatic rings. The van der Waals surface area contributed by atoms with Gasteiger partial charge in [-0.1, -0.05) is 0 Å². The summed E-state index contributed by atoms with van der Waals surface area (Å²) in [6.45, 7) is 7.43. The zero-order valence-corrected chi connectivity index (χ0v) is 13.7. The van der Waals surface area contributed by atoms with Crippen LogP contribution >= 0.6 is 0 Å². The molecule has 1 aromatic carbocycles. The number of hydrogen-bond donors (Lipinski definition) is 2. The Balaban J connectivity index is 0.00000361. The van der Waals surface area contributed by atoms with Crippen molar-refractivity contribution in [3.05, 3.63) is 24.3 Å². The SMILES string of the molecule is CC[NH+](CC)CCNS(=O)(=O)c1ccc(OC)cc1.[Cl-]. The quantitative estimate of drug-likeness (QED) is 0.533. The first kappa shape index (κ1) is 19.2. The van der Waals surface area contributed by atoms with Gasteiger partial charge < -0.3 is 22.0 Å². The van der Waals surface area contributed by atoms with Crippen LogP contribution in [0.2, 0.25) is 0 Å². The molecule has 1 aromatic rings. The highest BCUT2D eigenvalue weighted by atomic mass is 35.5. The normalized spacial score (nSPS) is 11.2. The van der Waals surface area contributed by atoms with Gasteiger partial charge in [-0.3, -0.25) is 0 Å². The van der Waals surface area contributed by atoms with Crippen molar-refractivity contribution in [2.75, 3.05) is 33.3 Å². The number of hydrogen-bond acceptors (Lipinski definition) is 3. The van der Waals surface area contributed by atoms with Crippen molar-refractivity contribution in [3.63, 3.8) is 0 Å². The van der Waals surface area contributed by atoms with Crippen LogP contribution in [0.25, 0.3) is 0 Å². The molecule has 5 nitrogen and oxygen atoms in total. The second-order valence-corrected chi connectivity index (χ2v) is 6.05. The van der Waals surface area contributed by atoms with E-state index in [1.54, 1.807) is 31.4 Å². The predicted molar refractivity (Wildman–Crippen MR) is 75.1 cm³/mol. The summed E-state index contributed by atoms with van der Waals surface area (Å²) in [4.78, 5) is 1.64. The van der Waals surface area contributed by atoms with E-state index in [0.29, 0.717) is 12.3 Å². The number of quaternary nitrogens is 1. The molecule has 0 fully saturated rings.